The fourth-order valence-corrected chi connectivity index (χ4v) is 5.36. The van der Waals surface area contributed by atoms with Crippen LogP contribution in [0.25, 0.3) is 0 Å². The predicted molar refractivity (Wildman–Crippen MR) is 132 cm³/mol. The van der Waals surface area contributed by atoms with E-state index in [0.717, 1.165) is 44.5 Å². The van der Waals surface area contributed by atoms with Crippen molar-refractivity contribution in [3.8, 4) is 5.75 Å². The van der Waals surface area contributed by atoms with E-state index in [4.69, 9.17) is 21.1 Å². The smallest absolute Gasteiger partial charge is 0.251 e. The monoisotopic (exact) mass is 470 g/mol. The number of benzene rings is 2. The molecule has 2 saturated heterocycles. The minimum atomic E-state index is -0.0658. The Morgan fingerprint density at radius 1 is 1.15 bits per heavy atom. The Kier molecular flexibility index (Phi) is 8.65. The van der Waals surface area contributed by atoms with E-state index in [1.165, 1.54) is 31.2 Å². The van der Waals surface area contributed by atoms with Gasteiger partial charge >= 0.3 is 0 Å². The van der Waals surface area contributed by atoms with Gasteiger partial charge in [-0.2, -0.15) is 0 Å². The predicted octanol–water partition coefficient (Wildman–Crippen LogP) is 5.00. The Balaban J connectivity index is 1.37. The molecule has 0 bridgehead atoms. The number of methoxy groups -OCH3 is 1. The lowest BCUT2D eigenvalue weighted by Gasteiger charge is -2.23. The van der Waals surface area contributed by atoms with E-state index in [2.05, 4.69) is 22.3 Å². The van der Waals surface area contributed by atoms with E-state index in [1.54, 1.807) is 25.3 Å². The maximum Gasteiger partial charge on any atom is 0.251 e. The largest absolute Gasteiger partial charge is 0.497 e. The Morgan fingerprint density at radius 2 is 1.94 bits per heavy atom. The van der Waals surface area contributed by atoms with Crippen LogP contribution in [0.5, 0.6) is 5.75 Å². The van der Waals surface area contributed by atoms with Gasteiger partial charge in [-0.15, -0.1) is 0 Å². The van der Waals surface area contributed by atoms with Gasteiger partial charge in [0.15, 0.2) is 0 Å². The van der Waals surface area contributed by atoms with Gasteiger partial charge in [0.1, 0.15) is 5.75 Å². The maximum atomic E-state index is 12.7. The quantitative estimate of drug-likeness (QED) is 0.560. The van der Waals surface area contributed by atoms with Crippen LogP contribution >= 0.6 is 11.6 Å². The minimum absolute atomic E-state index is 0.0658. The Bertz CT molecular complexity index is 898. The highest BCUT2D eigenvalue weighted by atomic mass is 35.5. The van der Waals surface area contributed by atoms with E-state index in [-0.39, 0.29) is 5.91 Å². The van der Waals surface area contributed by atoms with Gasteiger partial charge < -0.3 is 19.7 Å². The summed E-state index contributed by atoms with van der Waals surface area (Å²) in [7, 11) is 1.69. The third-order valence-electron chi connectivity index (χ3n) is 7.10. The average molecular weight is 471 g/mol. The summed E-state index contributed by atoms with van der Waals surface area (Å²) < 4.78 is 10.8. The van der Waals surface area contributed by atoms with Gasteiger partial charge in [-0.3, -0.25) is 4.79 Å². The van der Waals surface area contributed by atoms with Crippen molar-refractivity contribution in [2.75, 3.05) is 46.5 Å². The zero-order valence-electron chi connectivity index (χ0n) is 19.5. The zero-order chi connectivity index (χ0) is 23.0. The lowest BCUT2D eigenvalue weighted by molar-refractivity contribution is 0.0624. The van der Waals surface area contributed by atoms with Crippen LogP contribution in [-0.2, 0) is 4.74 Å². The highest BCUT2D eigenvalue weighted by molar-refractivity contribution is 6.30. The molecule has 4 rings (SSSR count). The number of ether oxygens (including phenoxy) is 2. The topological polar surface area (TPSA) is 50.8 Å². The molecule has 0 radical (unpaired) electrons. The number of amides is 1. The molecule has 178 valence electrons. The van der Waals surface area contributed by atoms with Gasteiger partial charge in [-0.1, -0.05) is 29.8 Å². The molecule has 6 heteroatoms. The molecule has 33 heavy (non-hydrogen) atoms. The number of hydrogen-bond acceptors (Lipinski definition) is 4. The summed E-state index contributed by atoms with van der Waals surface area (Å²) in [6.07, 6.45) is 4.91. The number of halogens is 1. The molecule has 0 aromatic heterocycles. The Hall–Kier alpha value is -2.08. The van der Waals surface area contributed by atoms with Gasteiger partial charge in [-0.25, -0.2) is 0 Å². The Morgan fingerprint density at radius 3 is 2.67 bits per heavy atom. The number of carbonyl (C=O) groups is 1. The number of nitrogens with zero attached hydrogens (tertiary/aromatic N) is 1. The Labute approximate surface area is 202 Å². The first-order valence-corrected chi connectivity index (χ1v) is 12.5. The van der Waals surface area contributed by atoms with Gasteiger partial charge in [0.2, 0.25) is 0 Å². The van der Waals surface area contributed by atoms with E-state index < -0.39 is 0 Å². The number of carbonyl (C=O) groups excluding carboxylic acids is 1. The third kappa shape index (κ3) is 6.72. The number of likely N-dealkylation sites (tertiary alicyclic amines) is 1. The van der Waals surface area contributed by atoms with Gasteiger partial charge in [0.05, 0.1) is 7.11 Å². The molecule has 2 atom stereocenters. The standard InChI is InChI=1S/C27H35ClN2O3/c1-32-25-9-7-21(8-10-25)26-19-30(13-3-4-20-11-14-33-15-12-20)18-23(26)17-29-27(31)22-5-2-6-24(28)16-22/h2,5-10,16,20,23,26H,3-4,11-15,17-19H2,1H3,(H,29,31)/t23-,26+/m0/s1. The van der Waals surface area contributed by atoms with Crippen LogP contribution in [0.15, 0.2) is 48.5 Å². The molecule has 2 aliphatic heterocycles. The molecule has 1 amide bonds. The molecule has 2 aliphatic rings. The van der Waals surface area contributed by atoms with Crippen molar-refractivity contribution in [2.24, 2.45) is 11.8 Å². The second kappa shape index (κ2) is 11.9. The molecule has 2 fully saturated rings. The lowest BCUT2D eigenvalue weighted by Crippen LogP contribution is -2.32. The maximum absolute atomic E-state index is 12.7. The number of hydrogen-bond donors (Lipinski definition) is 1. The summed E-state index contributed by atoms with van der Waals surface area (Å²) >= 11 is 6.06. The molecule has 2 aromatic carbocycles. The van der Waals surface area contributed by atoms with Crippen molar-refractivity contribution in [1.82, 2.24) is 10.2 Å². The van der Waals surface area contributed by atoms with Crippen molar-refractivity contribution in [2.45, 2.75) is 31.6 Å². The van der Waals surface area contributed by atoms with Crippen molar-refractivity contribution in [1.29, 1.82) is 0 Å². The number of nitrogens with one attached hydrogen (secondary N) is 1. The molecule has 0 unspecified atom stereocenters. The van der Waals surface area contributed by atoms with Gasteiger partial charge in [-0.05, 0) is 80.0 Å². The summed E-state index contributed by atoms with van der Waals surface area (Å²) in [4.78, 5) is 15.3. The van der Waals surface area contributed by atoms with Crippen molar-refractivity contribution in [3.63, 3.8) is 0 Å². The normalized spacial score (nSPS) is 21.8. The molecule has 0 saturated carbocycles. The van der Waals surface area contributed by atoms with E-state index in [1.807, 2.05) is 18.2 Å². The molecule has 0 spiro atoms. The second-order valence-corrected chi connectivity index (χ2v) is 9.75. The lowest BCUT2D eigenvalue weighted by atomic mass is 9.89. The summed E-state index contributed by atoms with van der Waals surface area (Å²) in [5, 5.41) is 3.73. The zero-order valence-corrected chi connectivity index (χ0v) is 20.2. The van der Waals surface area contributed by atoms with Crippen molar-refractivity contribution in [3.05, 3.63) is 64.7 Å². The molecule has 1 N–H and O–H groups in total. The highest BCUT2D eigenvalue weighted by Crippen LogP contribution is 2.34. The first-order chi connectivity index (χ1) is 16.1. The molecular formula is C27H35ClN2O3. The average Bonchev–Trinajstić information content (AvgIpc) is 3.26. The fourth-order valence-electron chi connectivity index (χ4n) is 5.17. The van der Waals surface area contributed by atoms with E-state index in [0.29, 0.717) is 29.0 Å². The molecule has 5 nitrogen and oxygen atoms in total. The van der Waals surface area contributed by atoms with Crippen LogP contribution in [0.4, 0.5) is 0 Å². The van der Waals surface area contributed by atoms with Gasteiger partial charge in [0.25, 0.3) is 5.91 Å². The van der Waals surface area contributed by atoms with Crippen LogP contribution in [0.1, 0.15) is 47.5 Å². The SMILES string of the molecule is COc1ccc([C@H]2CN(CCCC3CCOCC3)C[C@@H]2CNC(=O)c2cccc(Cl)c2)cc1. The first-order valence-electron chi connectivity index (χ1n) is 12.1. The van der Waals surface area contributed by atoms with Crippen molar-refractivity contribution >= 4 is 17.5 Å². The molecular weight excluding hydrogens is 436 g/mol. The third-order valence-corrected chi connectivity index (χ3v) is 7.33. The molecule has 0 aliphatic carbocycles. The summed E-state index contributed by atoms with van der Waals surface area (Å²) in [5.41, 5.74) is 1.92. The van der Waals surface area contributed by atoms with Crippen LogP contribution in [0, 0.1) is 11.8 Å². The highest BCUT2D eigenvalue weighted by Gasteiger charge is 2.34. The summed E-state index contributed by atoms with van der Waals surface area (Å²) in [6.45, 7) is 5.63. The number of rotatable bonds is 9. The fraction of sp³-hybridized carbons (Fsp3) is 0.519. The van der Waals surface area contributed by atoms with Crippen molar-refractivity contribution < 1.29 is 14.3 Å². The first kappa shape index (κ1) is 24.1. The van der Waals surface area contributed by atoms with Crippen LogP contribution < -0.4 is 10.1 Å². The van der Waals surface area contributed by atoms with Crippen LogP contribution in [-0.4, -0.2) is 57.3 Å². The van der Waals surface area contributed by atoms with Gasteiger partial charge in [0, 0.05) is 49.4 Å². The summed E-state index contributed by atoms with van der Waals surface area (Å²) in [5.74, 6) is 2.37. The summed E-state index contributed by atoms with van der Waals surface area (Å²) in [6, 6.07) is 15.5. The van der Waals surface area contributed by atoms with E-state index in [9.17, 15) is 4.79 Å². The minimum Gasteiger partial charge on any atom is -0.497 e. The second-order valence-electron chi connectivity index (χ2n) is 9.32. The molecule has 2 heterocycles. The molecule has 2 aromatic rings. The van der Waals surface area contributed by atoms with Crippen LogP contribution in [0.2, 0.25) is 5.02 Å². The van der Waals surface area contributed by atoms with Crippen LogP contribution in [0.3, 0.4) is 0 Å². The van der Waals surface area contributed by atoms with E-state index >= 15 is 0 Å².